The molecule has 0 spiro atoms. The van der Waals surface area contributed by atoms with E-state index in [1.807, 2.05) is 44.2 Å². The number of carbonyl (C=O) groups excluding carboxylic acids is 2. The van der Waals surface area contributed by atoms with E-state index in [0.29, 0.717) is 22.7 Å². The first-order chi connectivity index (χ1) is 17.0. The van der Waals surface area contributed by atoms with Gasteiger partial charge in [0.2, 0.25) is 0 Å². The average Bonchev–Trinajstić information content (AvgIpc) is 3.22. The number of rotatable bonds is 5. The second-order valence-electron chi connectivity index (χ2n) is 8.98. The van der Waals surface area contributed by atoms with Crippen LogP contribution in [0.3, 0.4) is 0 Å². The molecule has 5 rings (SSSR count). The average molecular weight is 485 g/mol. The van der Waals surface area contributed by atoms with E-state index >= 15 is 0 Å². The maximum Gasteiger partial charge on any atom is 0.341 e. The lowest BCUT2D eigenvalue weighted by atomic mass is 9.95. The van der Waals surface area contributed by atoms with Gasteiger partial charge in [0.15, 0.2) is 0 Å². The highest BCUT2D eigenvalue weighted by atomic mass is 32.1. The number of hydrogen-bond acceptors (Lipinski definition) is 5. The van der Waals surface area contributed by atoms with E-state index < -0.39 is 0 Å². The molecule has 0 atom stereocenters. The molecule has 1 amide bonds. The number of pyridine rings is 1. The Morgan fingerprint density at radius 3 is 2.69 bits per heavy atom. The van der Waals surface area contributed by atoms with Crippen molar-refractivity contribution in [3.8, 4) is 11.3 Å². The van der Waals surface area contributed by atoms with Crippen LogP contribution in [0.2, 0.25) is 0 Å². The Labute approximate surface area is 209 Å². The lowest BCUT2D eigenvalue weighted by molar-refractivity contribution is 0.0526. The van der Waals surface area contributed by atoms with Crippen molar-refractivity contribution in [3.05, 3.63) is 81.2 Å². The molecule has 35 heavy (non-hydrogen) atoms. The van der Waals surface area contributed by atoms with Crippen molar-refractivity contribution in [2.75, 3.05) is 11.9 Å². The van der Waals surface area contributed by atoms with Crippen molar-refractivity contribution in [2.45, 2.75) is 46.5 Å². The Kier molecular flexibility index (Phi) is 6.39. The Morgan fingerprint density at radius 2 is 1.86 bits per heavy atom. The number of hydrogen-bond donors (Lipinski definition) is 1. The maximum atomic E-state index is 13.7. The van der Waals surface area contributed by atoms with Crippen LogP contribution < -0.4 is 5.32 Å². The third-order valence-corrected chi connectivity index (χ3v) is 7.71. The summed E-state index contributed by atoms with van der Waals surface area (Å²) in [6.45, 7) is 6.19. The van der Waals surface area contributed by atoms with Crippen LogP contribution in [0.4, 0.5) is 5.00 Å². The minimum absolute atomic E-state index is 0.251. The fourth-order valence-electron chi connectivity index (χ4n) is 4.76. The van der Waals surface area contributed by atoms with E-state index in [1.165, 1.54) is 16.2 Å². The number of amides is 1. The van der Waals surface area contributed by atoms with E-state index in [9.17, 15) is 9.59 Å². The number of ether oxygens (including phenoxy) is 1. The number of thiophene rings is 1. The smallest absolute Gasteiger partial charge is 0.341 e. The van der Waals surface area contributed by atoms with E-state index in [1.54, 1.807) is 6.92 Å². The Balaban J connectivity index is 1.60. The zero-order chi connectivity index (χ0) is 24.5. The molecule has 0 aliphatic heterocycles. The molecular weight excluding hydrogens is 456 g/mol. The number of benzene rings is 2. The van der Waals surface area contributed by atoms with E-state index in [2.05, 4.69) is 23.5 Å². The molecule has 0 unspecified atom stereocenters. The quantitative estimate of drug-likeness (QED) is 0.313. The zero-order valence-corrected chi connectivity index (χ0v) is 21.1. The number of para-hydroxylation sites is 1. The highest BCUT2D eigenvalue weighted by Gasteiger charge is 2.28. The highest BCUT2D eigenvalue weighted by molar-refractivity contribution is 7.17. The third-order valence-electron chi connectivity index (χ3n) is 6.51. The SMILES string of the molecule is CCOC(=O)c1c(NC(=O)c2cc(-c3cc(C)ccc3C)nc3ccccc23)sc2c1CCCC2. The largest absolute Gasteiger partial charge is 0.462 e. The molecular formula is C29H28N2O3S. The second-order valence-corrected chi connectivity index (χ2v) is 10.1. The molecule has 6 heteroatoms. The van der Waals surface area contributed by atoms with Crippen LogP contribution in [-0.4, -0.2) is 23.5 Å². The van der Waals surface area contributed by atoms with Crippen LogP contribution >= 0.6 is 11.3 Å². The molecule has 2 aromatic carbocycles. The van der Waals surface area contributed by atoms with Crippen molar-refractivity contribution in [2.24, 2.45) is 0 Å². The van der Waals surface area contributed by atoms with Crippen LogP contribution in [0.1, 0.15) is 62.0 Å². The summed E-state index contributed by atoms with van der Waals surface area (Å²) in [5, 5.41) is 4.43. The summed E-state index contributed by atoms with van der Waals surface area (Å²) < 4.78 is 5.36. The summed E-state index contributed by atoms with van der Waals surface area (Å²) in [5.74, 6) is -0.614. The topological polar surface area (TPSA) is 68.3 Å². The molecule has 2 heterocycles. The molecule has 4 aromatic rings. The normalized spacial score (nSPS) is 12.9. The fraction of sp³-hybridized carbons (Fsp3) is 0.276. The number of fused-ring (bicyclic) bond motifs is 2. The highest BCUT2D eigenvalue weighted by Crippen LogP contribution is 2.39. The van der Waals surface area contributed by atoms with Gasteiger partial charge in [0, 0.05) is 15.8 Å². The van der Waals surface area contributed by atoms with Crippen LogP contribution in [0.25, 0.3) is 22.2 Å². The van der Waals surface area contributed by atoms with E-state index in [0.717, 1.165) is 64.5 Å². The van der Waals surface area contributed by atoms with Gasteiger partial charge in [-0.25, -0.2) is 9.78 Å². The summed E-state index contributed by atoms with van der Waals surface area (Å²) in [7, 11) is 0. The summed E-state index contributed by atoms with van der Waals surface area (Å²) in [6, 6.07) is 15.8. The van der Waals surface area contributed by atoms with Gasteiger partial charge in [-0.3, -0.25) is 4.79 Å². The molecule has 5 nitrogen and oxygen atoms in total. The monoisotopic (exact) mass is 484 g/mol. The van der Waals surface area contributed by atoms with Crippen LogP contribution in [0, 0.1) is 13.8 Å². The number of nitrogens with one attached hydrogen (secondary N) is 1. The molecule has 0 fully saturated rings. The van der Waals surface area contributed by atoms with E-state index in [4.69, 9.17) is 9.72 Å². The van der Waals surface area contributed by atoms with Crippen LogP contribution in [0.15, 0.2) is 48.5 Å². The Hall–Kier alpha value is -3.51. The van der Waals surface area contributed by atoms with Gasteiger partial charge >= 0.3 is 5.97 Å². The van der Waals surface area contributed by atoms with Gasteiger partial charge < -0.3 is 10.1 Å². The minimum Gasteiger partial charge on any atom is -0.462 e. The first kappa shape index (κ1) is 23.2. The molecule has 0 saturated carbocycles. The van der Waals surface area contributed by atoms with Crippen molar-refractivity contribution in [3.63, 3.8) is 0 Å². The van der Waals surface area contributed by atoms with Gasteiger partial charge in [0.05, 0.1) is 28.9 Å². The number of aromatic nitrogens is 1. The lowest BCUT2D eigenvalue weighted by Gasteiger charge is -2.13. The van der Waals surface area contributed by atoms with Crippen LogP contribution in [0.5, 0.6) is 0 Å². The number of anilines is 1. The van der Waals surface area contributed by atoms with Gasteiger partial charge in [-0.1, -0.05) is 35.9 Å². The molecule has 0 saturated heterocycles. The first-order valence-electron chi connectivity index (χ1n) is 12.1. The van der Waals surface area contributed by atoms with Gasteiger partial charge in [-0.05, 0) is 75.8 Å². The van der Waals surface area contributed by atoms with Gasteiger partial charge in [0.1, 0.15) is 5.00 Å². The molecule has 0 radical (unpaired) electrons. The standard InChI is InChI=1S/C29H28N2O3S/c1-4-34-29(33)26-20-10-6-8-12-25(20)35-28(26)31-27(32)22-16-24(21-15-17(2)13-14-18(21)3)30-23-11-7-5-9-19(22)23/h5,7,9,11,13-16H,4,6,8,10,12H2,1-3H3,(H,31,32). The number of nitrogens with zero attached hydrogens (tertiary/aromatic N) is 1. The first-order valence-corrected chi connectivity index (χ1v) is 12.9. The fourth-order valence-corrected chi connectivity index (χ4v) is 6.03. The summed E-state index contributed by atoms with van der Waals surface area (Å²) >= 11 is 1.50. The maximum absolute atomic E-state index is 13.7. The van der Waals surface area contributed by atoms with Crippen molar-refractivity contribution >= 4 is 39.1 Å². The second kappa shape index (κ2) is 9.62. The summed E-state index contributed by atoms with van der Waals surface area (Å²) in [6.07, 6.45) is 3.90. The molecule has 0 bridgehead atoms. The molecule has 1 aliphatic carbocycles. The van der Waals surface area contributed by atoms with Crippen molar-refractivity contribution in [1.29, 1.82) is 0 Å². The van der Waals surface area contributed by atoms with Crippen LogP contribution in [-0.2, 0) is 17.6 Å². The number of esters is 1. The predicted octanol–water partition coefficient (Wildman–Crippen LogP) is 6.89. The van der Waals surface area contributed by atoms with Gasteiger partial charge in [-0.2, -0.15) is 0 Å². The summed E-state index contributed by atoms with van der Waals surface area (Å²) in [5.41, 5.74) is 6.84. The molecule has 178 valence electrons. The number of aryl methyl sites for hydroxylation is 3. The third kappa shape index (κ3) is 4.46. The Bertz CT molecular complexity index is 1450. The number of carbonyl (C=O) groups is 2. The minimum atomic E-state index is -0.363. The van der Waals surface area contributed by atoms with E-state index in [-0.39, 0.29) is 11.9 Å². The van der Waals surface area contributed by atoms with Gasteiger partial charge in [-0.15, -0.1) is 11.3 Å². The Morgan fingerprint density at radius 1 is 1.06 bits per heavy atom. The van der Waals surface area contributed by atoms with Crippen molar-refractivity contribution < 1.29 is 14.3 Å². The molecule has 2 aromatic heterocycles. The zero-order valence-electron chi connectivity index (χ0n) is 20.2. The predicted molar refractivity (Wildman–Crippen MR) is 142 cm³/mol. The molecule has 1 N–H and O–H groups in total. The molecule has 1 aliphatic rings. The summed E-state index contributed by atoms with van der Waals surface area (Å²) in [4.78, 5) is 32.6. The van der Waals surface area contributed by atoms with Crippen molar-refractivity contribution in [1.82, 2.24) is 4.98 Å². The van der Waals surface area contributed by atoms with Gasteiger partial charge in [0.25, 0.3) is 5.91 Å². The lowest BCUT2D eigenvalue weighted by Crippen LogP contribution is -2.16.